The first kappa shape index (κ1) is 14.8. The van der Waals surface area contributed by atoms with Crippen molar-refractivity contribution in [3.8, 4) is 0 Å². The number of alkyl halides is 3. The molecule has 4 nitrogen and oxygen atoms in total. The average molecular weight is 286 g/mol. The van der Waals surface area contributed by atoms with Crippen LogP contribution in [0.3, 0.4) is 0 Å². The molecule has 0 spiro atoms. The molecule has 0 saturated heterocycles. The fourth-order valence-electron chi connectivity index (χ4n) is 2.27. The molecule has 20 heavy (non-hydrogen) atoms. The Morgan fingerprint density at radius 1 is 1.30 bits per heavy atom. The van der Waals surface area contributed by atoms with E-state index < -0.39 is 12.7 Å². The summed E-state index contributed by atoms with van der Waals surface area (Å²) in [5.74, 6) is 0. The third kappa shape index (κ3) is 3.49. The maximum absolute atomic E-state index is 12.5. The number of fused-ring (bicyclic) bond motifs is 1. The lowest BCUT2D eigenvalue weighted by atomic mass is 10.2. The molecular weight excluding hydrogens is 269 g/mol. The lowest BCUT2D eigenvalue weighted by molar-refractivity contribution is -0.146. The Morgan fingerprint density at radius 2 is 2.00 bits per heavy atom. The molecule has 0 atom stereocenters. The van der Waals surface area contributed by atoms with Gasteiger partial charge in [0, 0.05) is 32.1 Å². The van der Waals surface area contributed by atoms with Gasteiger partial charge in [0.2, 0.25) is 0 Å². The Kier molecular flexibility index (Phi) is 4.29. The number of hydrogen-bond donors (Lipinski definition) is 1. The lowest BCUT2D eigenvalue weighted by Crippen LogP contribution is -2.37. The summed E-state index contributed by atoms with van der Waals surface area (Å²) in [6.45, 7) is -0.474. The van der Waals surface area contributed by atoms with Gasteiger partial charge in [0.1, 0.15) is 0 Å². The van der Waals surface area contributed by atoms with Crippen LogP contribution in [0.2, 0.25) is 0 Å². The zero-order valence-corrected chi connectivity index (χ0v) is 11.2. The minimum atomic E-state index is -4.24. The number of rotatable bonds is 5. The second-order valence-electron chi connectivity index (χ2n) is 4.70. The standard InChI is InChI=1S/C13H17F3N4/c1-19-12-5-3-2-4-10(12)11(18-19)8-20(7-6-17)9-13(14,15)16/h2-5H,6-9,17H2,1H3. The van der Waals surface area contributed by atoms with E-state index in [-0.39, 0.29) is 19.6 Å². The van der Waals surface area contributed by atoms with E-state index in [1.54, 1.807) is 11.7 Å². The van der Waals surface area contributed by atoms with Gasteiger partial charge in [-0.2, -0.15) is 18.3 Å². The normalized spacial score (nSPS) is 12.5. The van der Waals surface area contributed by atoms with Gasteiger partial charge in [0.15, 0.2) is 0 Å². The Labute approximate surface area is 115 Å². The van der Waals surface area contributed by atoms with Crippen LogP contribution >= 0.6 is 0 Å². The minimum Gasteiger partial charge on any atom is -0.329 e. The summed E-state index contributed by atoms with van der Waals surface area (Å²) in [7, 11) is 1.78. The molecule has 2 N–H and O–H groups in total. The van der Waals surface area contributed by atoms with Gasteiger partial charge in [-0.3, -0.25) is 9.58 Å². The van der Waals surface area contributed by atoms with E-state index in [0.717, 1.165) is 10.9 Å². The second-order valence-corrected chi connectivity index (χ2v) is 4.70. The van der Waals surface area contributed by atoms with Gasteiger partial charge >= 0.3 is 6.18 Å². The summed E-state index contributed by atoms with van der Waals surface area (Å²) < 4.78 is 39.3. The average Bonchev–Trinajstić information content (AvgIpc) is 2.65. The van der Waals surface area contributed by atoms with Gasteiger partial charge in [-0.1, -0.05) is 18.2 Å². The maximum Gasteiger partial charge on any atom is 0.401 e. The second kappa shape index (κ2) is 5.80. The molecule has 0 aliphatic carbocycles. The molecule has 110 valence electrons. The van der Waals surface area contributed by atoms with Crippen molar-refractivity contribution in [3.63, 3.8) is 0 Å². The smallest absolute Gasteiger partial charge is 0.329 e. The molecule has 0 fully saturated rings. The topological polar surface area (TPSA) is 47.1 Å². The van der Waals surface area contributed by atoms with Crippen LogP contribution in [0.15, 0.2) is 24.3 Å². The SMILES string of the molecule is Cn1nc(CN(CCN)CC(F)(F)F)c2ccccc21. The Hall–Kier alpha value is -1.60. The summed E-state index contributed by atoms with van der Waals surface area (Å²) in [5.41, 5.74) is 6.93. The van der Waals surface area contributed by atoms with Gasteiger partial charge < -0.3 is 5.73 Å². The molecule has 0 unspecified atom stereocenters. The zero-order valence-electron chi connectivity index (χ0n) is 11.2. The van der Waals surface area contributed by atoms with Crippen molar-refractivity contribution in [2.45, 2.75) is 12.7 Å². The van der Waals surface area contributed by atoms with Crippen LogP contribution in [0.4, 0.5) is 13.2 Å². The summed E-state index contributed by atoms with van der Waals surface area (Å²) in [4.78, 5) is 1.27. The van der Waals surface area contributed by atoms with Gasteiger partial charge in [-0.25, -0.2) is 0 Å². The molecule has 2 aromatic rings. The molecule has 7 heteroatoms. The first-order valence-electron chi connectivity index (χ1n) is 6.30. The van der Waals surface area contributed by atoms with Crippen LogP contribution in [-0.2, 0) is 13.6 Å². The van der Waals surface area contributed by atoms with E-state index in [0.29, 0.717) is 5.69 Å². The fraction of sp³-hybridized carbons (Fsp3) is 0.462. The maximum atomic E-state index is 12.5. The molecule has 0 aliphatic rings. The van der Waals surface area contributed by atoms with Crippen molar-refractivity contribution in [1.29, 1.82) is 0 Å². The van der Waals surface area contributed by atoms with E-state index >= 15 is 0 Å². The number of aryl methyl sites for hydroxylation is 1. The third-order valence-electron chi connectivity index (χ3n) is 3.06. The quantitative estimate of drug-likeness (QED) is 0.913. The highest BCUT2D eigenvalue weighted by Crippen LogP contribution is 2.21. The van der Waals surface area contributed by atoms with Crippen molar-refractivity contribution in [2.24, 2.45) is 12.8 Å². The molecule has 0 bridgehead atoms. The van der Waals surface area contributed by atoms with E-state index in [9.17, 15) is 13.2 Å². The van der Waals surface area contributed by atoms with Gasteiger partial charge in [0.25, 0.3) is 0 Å². The zero-order chi connectivity index (χ0) is 14.8. The van der Waals surface area contributed by atoms with E-state index in [1.807, 2.05) is 24.3 Å². The van der Waals surface area contributed by atoms with E-state index in [2.05, 4.69) is 5.10 Å². The van der Waals surface area contributed by atoms with Crippen molar-refractivity contribution >= 4 is 10.9 Å². The lowest BCUT2D eigenvalue weighted by Gasteiger charge is -2.22. The number of benzene rings is 1. The van der Waals surface area contributed by atoms with Crippen LogP contribution < -0.4 is 5.73 Å². The van der Waals surface area contributed by atoms with Crippen molar-refractivity contribution < 1.29 is 13.2 Å². The monoisotopic (exact) mass is 286 g/mol. The number of nitrogens with two attached hydrogens (primary N) is 1. The number of nitrogens with zero attached hydrogens (tertiary/aromatic N) is 3. The fourth-order valence-corrected chi connectivity index (χ4v) is 2.27. The van der Waals surface area contributed by atoms with Crippen LogP contribution in [0.25, 0.3) is 10.9 Å². The summed E-state index contributed by atoms with van der Waals surface area (Å²) in [5, 5.41) is 5.18. The van der Waals surface area contributed by atoms with Gasteiger partial charge in [0.05, 0.1) is 17.8 Å². The summed E-state index contributed by atoms with van der Waals surface area (Å²) in [6, 6.07) is 7.49. The highest BCUT2D eigenvalue weighted by atomic mass is 19.4. The van der Waals surface area contributed by atoms with Gasteiger partial charge in [-0.05, 0) is 6.07 Å². The molecule has 0 amide bonds. The number of hydrogen-bond acceptors (Lipinski definition) is 3. The minimum absolute atomic E-state index is 0.137. The summed E-state index contributed by atoms with van der Waals surface area (Å²) >= 11 is 0. The Morgan fingerprint density at radius 3 is 2.65 bits per heavy atom. The number of aromatic nitrogens is 2. The van der Waals surface area contributed by atoms with Crippen LogP contribution in [0, 0.1) is 0 Å². The summed E-state index contributed by atoms with van der Waals surface area (Å²) in [6.07, 6.45) is -4.24. The number of para-hydroxylation sites is 1. The number of halogens is 3. The molecule has 0 saturated carbocycles. The third-order valence-corrected chi connectivity index (χ3v) is 3.06. The molecule has 1 heterocycles. The van der Waals surface area contributed by atoms with Crippen molar-refractivity contribution in [2.75, 3.05) is 19.6 Å². The highest BCUT2D eigenvalue weighted by molar-refractivity contribution is 5.81. The van der Waals surface area contributed by atoms with E-state index in [4.69, 9.17) is 5.73 Å². The van der Waals surface area contributed by atoms with Crippen LogP contribution in [0.5, 0.6) is 0 Å². The predicted molar refractivity (Wildman–Crippen MR) is 71.1 cm³/mol. The first-order valence-corrected chi connectivity index (χ1v) is 6.30. The van der Waals surface area contributed by atoms with Crippen molar-refractivity contribution in [1.82, 2.24) is 14.7 Å². The molecule has 2 rings (SSSR count). The predicted octanol–water partition coefficient (Wildman–Crippen LogP) is 1.90. The first-order chi connectivity index (χ1) is 9.40. The largest absolute Gasteiger partial charge is 0.401 e. The molecule has 1 aromatic heterocycles. The Balaban J connectivity index is 2.24. The van der Waals surface area contributed by atoms with Crippen molar-refractivity contribution in [3.05, 3.63) is 30.0 Å². The molecule has 0 aliphatic heterocycles. The van der Waals surface area contributed by atoms with Crippen LogP contribution in [0.1, 0.15) is 5.69 Å². The van der Waals surface area contributed by atoms with Gasteiger partial charge in [-0.15, -0.1) is 0 Å². The van der Waals surface area contributed by atoms with E-state index in [1.165, 1.54) is 4.90 Å². The highest BCUT2D eigenvalue weighted by Gasteiger charge is 2.30. The van der Waals surface area contributed by atoms with Crippen LogP contribution in [-0.4, -0.2) is 40.5 Å². The molecule has 0 radical (unpaired) electrons. The molecule has 1 aromatic carbocycles. The molecular formula is C13H17F3N4. The Bertz CT molecular complexity index is 576.